The van der Waals surface area contributed by atoms with E-state index in [1.54, 1.807) is 46.7 Å². The average Bonchev–Trinajstić information content (AvgIpc) is 3.27. The molecule has 2 atom stereocenters. The molecule has 7 nitrogen and oxygen atoms in total. The first kappa shape index (κ1) is 37.7. The van der Waals surface area contributed by atoms with Crippen LogP contribution in [0.4, 0.5) is 26.3 Å². The molecule has 0 saturated heterocycles. The number of carboxylic acids is 1. The number of fused-ring (bicyclic) bond motifs is 1. The molecule has 0 spiro atoms. The first-order valence-corrected chi connectivity index (χ1v) is 16.0. The summed E-state index contributed by atoms with van der Waals surface area (Å²) in [7, 11) is 3.36. The van der Waals surface area contributed by atoms with Gasteiger partial charge in [-0.3, -0.25) is 14.4 Å². The molecule has 13 heteroatoms. The number of carbonyl (C=O) groups excluding carboxylic acids is 1. The number of benzene rings is 2. The highest BCUT2D eigenvalue weighted by molar-refractivity contribution is 5.82. The van der Waals surface area contributed by atoms with E-state index < -0.39 is 65.8 Å². The number of hydrogen-bond donors (Lipinski definition) is 2. The number of pyridine rings is 1. The Morgan fingerprint density at radius 3 is 2.24 bits per heavy atom. The van der Waals surface area contributed by atoms with Crippen molar-refractivity contribution in [2.24, 2.45) is 5.92 Å². The lowest BCUT2D eigenvalue weighted by Gasteiger charge is -2.27. The quantitative estimate of drug-likeness (QED) is 0.194. The highest BCUT2D eigenvalue weighted by Crippen LogP contribution is 2.48. The van der Waals surface area contributed by atoms with Gasteiger partial charge < -0.3 is 19.9 Å². The highest BCUT2D eigenvalue weighted by atomic mass is 19.4. The Hall–Kier alpha value is -4.13. The summed E-state index contributed by atoms with van der Waals surface area (Å²) in [5.41, 5.74) is -0.459. The lowest BCUT2D eigenvalue weighted by molar-refractivity contribution is -0.139. The molecule has 3 aromatic rings. The van der Waals surface area contributed by atoms with Crippen molar-refractivity contribution in [1.82, 2.24) is 14.8 Å². The topological polar surface area (TPSA) is 91.6 Å². The summed E-state index contributed by atoms with van der Waals surface area (Å²) in [6, 6.07) is 3.01. The predicted molar refractivity (Wildman–Crippen MR) is 173 cm³/mol. The molecule has 266 valence electrons. The fourth-order valence-corrected chi connectivity index (χ4v) is 6.60. The molecule has 2 aromatic carbocycles. The minimum absolute atomic E-state index is 0.00545. The van der Waals surface area contributed by atoms with Gasteiger partial charge in [0, 0.05) is 30.8 Å². The van der Waals surface area contributed by atoms with E-state index in [9.17, 15) is 37.1 Å². The maximum Gasteiger partial charge on any atom is 0.416 e. The Labute approximate surface area is 280 Å². The Morgan fingerprint density at radius 2 is 1.69 bits per heavy atom. The van der Waals surface area contributed by atoms with Crippen LogP contribution in [0.3, 0.4) is 0 Å². The minimum atomic E-state index is -4.82. The molecule has 1 heterocycles. The van der Waals surface area contributed by atoms with E-state index in [-0.39, 0.29) is 48.4 Å². The zero-order valence-corrected chi connectivity index (χ0v) is 28.3. The van der Waals surface area contributed by atoms with E-state index in [0.29, 0.717) is 33.9 Å². The Kier molecular flexibility index (Phi) is 11.1. The molecule has 1 aliphatic carbocycles. The Balaban J connectivity index is 1.85. The van der Waals surface area contributed by atoms with Crippen LogP contribution in [0.2, 0.25) is 0 Å². The first-order chi connectivity index (χ1) is 22.7. The predicted octanol–water partition coefficient (Wildman–Crippen LogP) is 7.35. The number of aryl methyl sites for hydroxylation is 2. The van der Waals surface area contributed by atoms with Crippen LogP contribution in [0, 0.1) is 25.6 Å². The molecule has 0 saturated carbocycles. The van der Waals surface area contributed by atoms with E-state index in [2.05, 4.69) is 5.32 Å². The molecule has 4 rings (SSSR count). The molecular weight excluding hydrogens is 652 g/mol. The second kappa shape index (κ2) is 14.4. The Bertz CT molecular complexity index is 1780. The second-order valence-corrected chi connectivity index (χ2v) is 13.5. The minimum Gasteiger partial charge on any atom is -0.481 e. The lowest BCUT2D eigenvalue weighted by Crippen LogP contribution is -2.40. The summed E-state index contributed by atoms with van der Waals surface area (Å²) in [6.45, 7) is 7.00. The van der Waals surface area contributed by atoms with Gasteiger partial charge in [-0.25, -0.2) is 13.2 Å². The van der Waals surface area contributed by atoms with Crippen molar-refractivity contribution in [3.05, 3.63) is 91.6 Å². The molecule has 2 N–H and O–H groups in total. The zero-order valence-electron chi connectivity index (χ0n) is 28.3. The number of likely N-dealkylation sites (N-methyl/N-ethyl adjacent to an activating group) is 1. The molecule has 0 bridgehead atoms. The van der Waals surface area contributed by atoms with E-state index in [4.69, 9.17) is 0 Å². The van der Waals surface area contributed by atoms with E-state index in [1.165, 1.54) is 24.3 Å². The van der Waals surface area contributed by atoms with Gasteiger partial charge in [0.1, 0.15) is 11.9 Å². The number of carbonyl (C=O) groups is 2. The first-order valence-electron chi connectivity index (χ1n) is 16.0. The fourth-order valence-electron chi connectivity index (χ4n) is 6.60. The third-order valence-corrected chi connectivity index (χ3v) is 8.85. The van der Waals surface area contributed by atoms with Crippen LogP contribution in [0.15, 0.2) is 41.3 Å². The number of aromatic nitrogens is 1. The molecule has 1 aliphatic rings. The van der Waals surface area contributed by atoms with Crippen molar-refractivity contribution >= 4 is 11.9 Å². The number of halogens is 6. The van der Waals surface area contributed by atoms with Crippen LogP contribution < -0.4 is 10.9 Å². The number of nitrogens with zero attached hydrogens (tertiary/aromatic N) is 2. The number of nitrogens with one attached hydrogen (secondary N) is 1. The maximum absolute atomic E-state index is 15.3. The summed E-state index contributed by atoms with van der Waals surface area (Å²) in [5.74, 6) is -6.21. The van der Waals surface area contributed by atoms with Crippen LogP contribution in [0.25, 0.3) is 11.1 Å². The van der Waals surface area contributed by atoms with Gasteiger partial charge in [0.05, 0.1) is 18.0 Å². The van der Waals surface area contributed by atoms with Crippen molar-refractivity contribution in [3.8, 4) is 11.1 Å². The number of rotatable bonds is 12. The van der Waals surface area contributed by atoms with Gasteiger partial charge in [-0.1, -0.05) is 13.8 Å². The third kappa shape index (κ3) is 8.55. The molecule has 0 fully saturated rings. The largest absolute Gasteiger partial charge is 0.481 e. The van der Waals surface area contributed by atoms with Gasteiger partial charge in [-0.05, 0) is 116 Å². The van der Waals surface area contributed by atoms with Gasteiger partial charge >= 0.3 is 12.1 Å². The normalized spacial score (nSPS) is 15.4. The lowest BCUT2D eigenvalue weighted by atomic mass is 9.87. The van der Waals surface area contributed by atoms with Crippen LogP contribution in [-0.4, -0.2) is 47.1 Å². The van der Waals surface area contributed by atoms with Crippen molar-refractivity contribution in [2.75, 3.05) is 20.6 Å². The van der Waals surface area contributed by atoms with Crippen molar-refractivity contribution in [3.63, 3.8) is 0 Å². The standard InChI is InChI=1S/C36H41F6N3O4/c1-19(2)11-30(45-18-22(8-10-44(5)6)27(16-31(45)46)36(40,41)42)34(49)43-29(17-32(47)48)23-14-26(25-7-9-35(38,39)28(25)15-23)33-20(3)12-24(37)13-21(33)4/h12-16,18-19,29-30H,7-11,17H2,1-6H3,(H,43,49)(H,47,48)/t29-,30-/m0/s1. The number of alkyl halides is 5. The summed E-state index contributed by atoms with van der Waals surface area (Å²) < 4.78 is 87.5. The number of hydrogen-bond acceptors (Lipinski definition) is 4. The highest BCUT2D eigenvalue weighted by Gasteiger charge is 2.42. The molecule has 0 radical (unpaired) electrons. The smallest absolute Gasteiger partial charge is 0.416 e. The molecule has 0 unspecified atom stereocenters. The van der Waals surface area contributed by atoms with Crippen LogP contribution in [-0.2, 0) is 34.5 Å². The van der Waals surface area contributed by atoms with E-state index in [0.717, 1.165) is 10.8 Å². The van der Waals surface area contributed by atoms with Crippen LogP contribution in [0.5, 0.6) is 0 Å². The second-order valence-electron chi connectivity index (χ2n) is 13.5. The molecular formula is C36H41F6N3O4. The Morgan fingerprint density at radius 1 is 1.06 bits per heavy atom. The number of aliphatic carboxylic acids is 1. The zero-order chi connectivity index (χ0) is 36.6. The molecule has 0 aliphatic heterocycles. The summed E-state index contributed by atoms with van der Waals surface area (Å²) in [4.78, 5) is 41.0. The monoisotopic (exact) mass is 693 g/mol. The van der Waals surface area contributed by atoms with Gasteiger partial charge in [0.15, 0.2) is 0 Å². The van der Waals surface area contributed by atoms with Crippen molar-refractivity contribution in [2.45, 2.75) is 84.0 Å². The maximum atomic E-state index is 15.3. The fraction of sp³-hybridized carbons (Fsp3) is 0.472. The van der Waals surface area contributed by atoms with Crippen molar-refractivity contribution < 1.29 is 41.0 Å². The van der Waals surface area contributed by atoms with E-state index >= 15 is 8.78 Å². The van der Waals surface area contributed by atoms with Gasteiger partial charge in [0.2, 0.25) is 5.91 Å². The number of carboxylic acid groups (broad SMARTS) is 1. The van der Waals surface area contributed by atoms with Crippen LogP contribution in [0.1, 0.15) is 84.1 Å². The van der Waals surface area contributed by atoms with E-state index in [1.807, 2.05) is 0 Å². The van der Waals surface area contributed by atoms with Crippen LogP contribution >= 0.6 is 0 Å². The summed E-state index contributed by atoms with van der Waals surface area (Å²) in [5, 5.41) is 12.5. The average molecular weight is 694 g/mol. The SMILES string of the molecule is Cc1cc(F)cc(C)c1-c1cc([C@H](CC(=O)O)NC(=O)[C@H](CC(C)C)n2cc(CCN(C)C)c(C(F)(F)F)cc2=O)cc2c1CCC2(F)F. The number of amides is 1. The molecule has 49 heavy (non-hydrogen) atoms. The van der Waals surface area contributed by atoms with Crippen molar-refractivity contribution in [1.29, 1.82) is 0 Å². The third-order valence-electron chi connectivity index (χ3n) is 8.85. The van der Waals surface area contributed by atoms with Gasteiger partial charge in [0.25, 0.3) is 11.5 Å². The summed E-state index contributed by atoms with van der Waals surface area (Å²) in [6.07, 6.45) is -5.05. The molecule has 1 aromatic heterocycles. The molecule has 1 amide bonds. The van der Waals surface area contributed by atoms with Gasteiger partial charge in [-0.15, -0.1) is 0 Å². The van der Waals surface area contributed by atoms with Gasteiger partial charge in [-0.2, -0.15) is 13.2 Å². The summed E-state index contributed by atoms with van der Waals surface area (Å²) >= 11 is 0.